The lowest BCUT2D eigenvalue weighted by Gasteiger charge is -2.37. The molecular formula is C16H17BrN4O2. The van der Waals surface area contributed by atoms with Crippen molar-refractivity contribution >= 4 is 21.7 Å². The summed E-state index contributed by atoms with van der Waals surface area (Å²) in [5.41, 5.74) is 7.29. The van der Waals surface area contributed by atoms with E-state index in [1.807, 2.05) is 13.8 Å². The third-order valence-electron chi connectivity index (χ3n) is 4.29. The molecule has 2 heterocycles. The number of aromatic nitrogens is 2. The molecule has 0 saturated heterocycles. The fourth-order valence-corrected chi connectivity index (χ4v) is 3.88. The first-order chi connectivity index (χ1) is 10.7. The van der Waals surface area contributed by atoms with Crippen LogP contribution in [0.1, 0.15) is 38.3 Å². The summed E-state index contributed by atoms with van der Waals surface area (Å²) < 4.78 is 8.04. The predicted molar refractivity (Wildman–Crippen MR) is 86.6 cm³/mol. The molecule has 3 rings (SSSR count). The van der Waals surface area contributed by atoms with Crippen molar-refractivity contribution < 1.29 is 9.53 Å². The van der Waals surface area contributed by atoms with E-state index in [1.54, 1.807) is 17.9 Å². The monoisotopic (exact) mass is 376 g/mol. The van der Waals surface area contributed by atoms with Crippen LogP contribution >= 0.6 is 15.9 Å². The van der Waals surface area contributed by atoms with E-state index in [2.05, 4.69) is 27.1 Å². The van der Waals surface area contributed by atoms with Gasteiger partial charge in [0.1, 0.15) is 17.4 Å². The minimum absolute atomic E-state index is 0.00500. The van der Waals surface area contributed by atoms with E-state index in [0.717, 1.165) is 10.2 Å². The summed E-state index contributed by atoms with van der Waals surface area (Å²) in [6.45, 7) is 4.04. The second-order valence-electron chi connectivity index (χ2n) is 6.70. The molecule has 0 bridgehead atoms. The van der Waals surface area contributed by atoms with Gasteiger partial charge in [0, 0.05) is 25.5 Å². The molecule has 1 atom stereocenters. The first-order valence-corrected chi connectivity index (χ1v) is 8.05. The summed E-state index contributed by atoms with van der Waals surface area (Å²) in [7, 11) is 1.78. The SMILES string of the molecule is Cn1ncc(Br)c1C1C(C#N)=C(N)OC2=C1C(=O)CC(C)(C)C2. The van der Waals surface area contributed by atoms with Crippen molar-refractivity contribution in [2.75, 3.05) is 0 Å². The third-order valence-corrected chi connectivity index (χ3v) is 4.90. The van der Waals surface area contributed by atoms with E-state index in [9.17, 15) is 10.1 Å². The maximum absolute atomic E-state index is 12.8. The topological polar surface area (TPSA) is 93.9 Å². The van der Waals surface area contributed by atoms with Crippen LogP contribution in [0.4, 0.5) is 0 Å². The lowest BCUT2D eigenvalue weighted by atomic mass is 9.71. The van der Waals surface area contributed by atoms with E-state index >= 15 is 0 Å². The van der Waals surface area contributed by atoms with Crippen molar-refractivity contribution in [3.63, 3.8) is 0 Å². The summed E-state index contributed by atoms with van der Waals surface area (Å²) in [4.78, 5) is 12.8. The summed E-state index contributed by atoms with van der Waals surface area (Å²) >= 11 is 3.46. The molecule has 0 fully saturated rings. The van der Waals surface area contributed by atoms with Gasteiger partial charge in [-0.2, -0.15) is 10.4 Å². The van der Waals surface area contributed by atoms with Gasteiger partial charge >= 0.3 is 0 Å². The van der Waals surface area contributed by atoms with Crippen molar-refractivity contribution in [2.24, 2.45) is 18.2 Å². The zero-order valence-corrected chi connectivity index (χ0v) is 14.8. The smallest absolute Gasteiger partial charge is 0.205 e. The molecule has 2 N–H and O–H groups in total. The van der Waals surface area contributed by atoms with E-state index in [4.69, 9.17) is 10.5 Å². The molecular weight excluding hydrogens is 360 g/mol. The number of rotatable bonds is 1. The molecule has 120 valence electrons. The molecule has 0 spiro atoms. The minimum atomic E-state index is -0.547. The van der Waals surface area contributed by atoms with Crippen molar-refractivity contribution in [3.05, 3.63) is 39.2 Å². The minimum Gasteiger partial charge on any atom is -0.444 e. The highest BCUT2D eigenvalue weighted by Gasteiger charge is 2.44. The molecule has 23 heavy (non-hydrogen) atoms. The van der Waals surface area contributed by atoms with Crippen LogP contribution in [-0.2, 0) is 16.6 Å². The maximum Gasteiger partial charge on any atom is 0.205 e. The highest BCUT2D eigenvalue weighted by atomic mass is 79.9. The summed E-state index contributed by atoms with van der Waals surface area (Å²) in [5, 5.41) is 13.7. The van der Waals surface area contributed by atoms with Crippen molar-refractivity contribution in [1.82, 2.24) is 9.78 Å². The lowest BCUT2D eigenvalue weighted by Crippen LogP contribution is -2.34. The van der Waals surface area contributed by atoms with E-state index in [1.165, 1.54) is 0 Å². The standard InChI is InChI=1S/C16H17BrN4O2/c1-16(2)4-10(22)13-11(5-16)23-15(19)8(6-18)12(13)14-9(17)7-20-21(14)3/h7,12H,4-5,19H2,1-3H3. The molecule has 1 aliphatic heterocycles. The Morgan fingerprint density at radius 2 is 2.22 bits per heavy atom. The van der Waals surface area contributed by atoms with Crippen LogP contribution < -0.4 is 5.73 Å². The van der Waals surface area contributed by atoms with Gasteiger partial charge in [0.15, 0.2) is 5.78 Å². The fourth-order valence-electron chi connectivity index (χ4n) is 3.30. The predicted octanol–water partition coefficient (Wildman–Crippen LogP) is 2.63. The second-order valence-corrected chi connectivity index (χ2v) is 7.56. The Balaban J connectivity index is 2.24. The van der Waals surface area contributed by atoms with Crippen molar-refractivity contribution in [2.45, 2.75) is 32.6 Å². The average Bonchev–Trinajstić information content (AvgIpc) is 2.75. The zero-order chi connectivity index (χ0) is 16.9. The molecule has 1 aromatic heterocycles. The normalized spacial score (nSPS) is 23.4. The molecule has 0 saturated carbocycles. The number of hydrogen-bond donors (Lipinski definition) is 1. The Morgan fingerprint density at radius 3 is 2.78 bits per heavy atom. The van der Waals surface area contributed by atoms with E-state index < -0.39 is 5.92 Å². The number of carbonyl (C=O) groups excluding carboxylic acids is 1. The van der Waals surface area contributed by atoms with E-state index in [0.29, 0.717) is 24.2 Å². The highest BCUT2D eigenvalue weighted by Crippen LogP contribution is 2.48. The third kappa shape index (κ3) is 2.47. The van der Waals surface area contributed by atoms with Crippen LogP contribution in [-0.4, -0.2) is 15.6 Å². The fraction of sp³-hybridized carbons (Fsp3) is 0.438. The quantitative estimate of drug-likeness (QED) is 0.812. The highest BCUT2D eigenvalue weighted by molar-refractivity contribution is 9.10. The van der Waals surface area contributed by atoms with Crippen LogP contribution in [0.3, 0.4) is 0 Å². The Bertz CT molecular complexity index is 791. The zero-order valence-electron chi connectivity index (χ0n) is 13.2. The molecule has 1 aliphatic carbocycles. The average molecular weight is 377 g/mol. The van der Waals surface area contributed by atoms with Gasteiger partial charge in [0.2, 0.25) is 5.88 Å². The van der Waals surface area contributed by atoms with Gasteiger partial charge in [0.05, 0.1) is 22.3 Å². The number of hydrogen-bond acceptors (Lipinski definition) is 5. The van der Waals surface area contributed by atoms with Crippen LogP contribution in [0.25, 0.3) is 0 Å². The summed E-state index contributed by atoms with van der Waals surface area (Å²) in [6, 6.07) is 2.10. The largest absolute Gasteiger partial charge is 0.444 e. The number of ketones is 1. The number of ether oxygens (including phenoxy) is 1. The Morgan fingerprint density at radius 1 is 1.52 bits per heavy atom. The number of nitrogens with zero attached hydrogens (tertiary/aromatic N) is 3. The molecule has 0 amide bonds. The van der Waals surface area contributed by atoms with Gasteiger partial charge in [-0.1, -0.05) is 13.8 Å². The first kappa shape index (κ1) is 15.8. The van der Waals surface area contributed by atoms with Gasteiger partial charge in [-0.3, -0.25) is 9.48 Å². The molecule has 1 unspecified atom stereocenters. The number of halogens is 1. The molecule has 6 nitrogen and oxygen atoms in total. The Labute approximate surface area is 142 Å². The Hall–Kier alpha value is -2.07. The summed E-state index contributed by atoms with van der Waals surface area (Å²) in [6.07, 6.45) is 2.67. The summed E-state index contributed by atoms with van der Waals surface area (Å²) in [5.74, 6) is 0.0829. The number of Topliss-reactive ketones (excluding diaryl/α,β-unsaturated/α-hetero) is 1. The van der Waals surface area contributed by atoms with Crippen LogP contribution in [0, 0.1) is 16.7 Å². The van der Waals surface area contributed by atoms with Gasteiger partial charge in [-0.05, 0) is 21.3 Å². The second kappa shape index (κ2) is 5.24. The van der Waals surface area contributed by atoms with Gasteiger partial charge in [-0.25, -0.2) is 0 Å². The number of carbonyl (C=O) groups is 1. The molecule has 0 radical (unpaired) electrons. The number of aryl methyl sites for hydroxylation is 1. The lowest BCUT2D eigenvalue weighted by molar-refractivity contribution is -0.119. The van der Waals surface area contributed by atoms with Gasteiger partial charge in [-0.15, -0.1) is 0 Å². The van der Waals surface area contributed by atoms with Gasteiger partial charge < -0.3 is 10.5 Å². The van der Waals surface area contributed by atoms with Crippen molar-refractivity contribution in [3.8, 4) is 6.07 Å². The first-order valence-electron chi connectivity index (χ1n) is 7.26. The molecule has 0 aromatic carbocycles. The number of nitrogens with two attached hydrogens (primary N) is 1. The van der Waals surface area contributed by atoms with Gasteiger partial charge in [0.25, 0.3) is 0 Å². The number of allylic oxidation sites excluding steroid dienone is 3. The maximum atomic E-state index is 12.8. The molecule has 7 heteroatoms. The molecule has 2 aliphatic rings. The molecule has 1 aromatic rings. The Kier molecular flexibility index (Phi) is 3.60. The van der Waals surface area contributed by atoms with Crippen LogP contribution in [0.15, 0.2) is 33.5 Å². The van der Waals surface area contributed by atoms with E-state index in [-0.39, 0.29) is 22.7 Å². The van der Waals surface area contributed by atoms with Crippen LogP contribution in [0.5, 0.6) is 0 Å². The van der Waals surface area contributed by atoms with Crippen molar-refractivity contribution in [1.29, 1.82) is 5.26 Å². The number of nitriles is 1. The van der Waals surface area contributed by atoms with Crippen LogP contribution in [0.2, 0.25) is 0 Å².